The van der Waals surface area contributed by atoms with Crippen LogP contribution in [0.15, 0.2) is 36.6 Å². The third-order valence-corrected chi connectivity index (χ3v) is 3.00. The van der Waals surface area contributed by atoms with Crippen molar-refractivity contribution in [1.82, 2.24) is 0 Å². The maximum Gasteiger partial charge on any atom is 0.209 e. The first-order valence-electron chi connectivity index (χ1n) is 6.62. The second-order valence-corrected chi connectivity index (χ2v) is 4.85. The van der Waals surface area contributed by atoms with Crippen LogP contribution in [-0.2, 0) is 9.47 Å². The third-order valence-electron chi connectivity index (χ3n) is 3.00. The normalized spacial score (nSPS) is 14.9. The highest BCUT2D eigenvalue weighted by Crippen LogP contribution is 2.24. The minimum Gasteiger partial charge on any atom is -0.470 e. The monoisotopic (exact) mass is 248 g/mol. The van der Waals surface area contributed by atoms with E-state index >= 15 is 0 Å². The Morgan fingerprint density at radius 3 is 2.44 bits per heavy atom. The van der Waals surface area contributed by atoms with Crippen LogP contribution in [0.1, 0.15) is 39.7 Å². The fraction of sp³-hybridized carbons (Fsp3) is 0.500. The molecule has 0 N–H and O–H groups in total. The molecule has 0 aliphatic heterocycles. The van der Waals surface area contributed by atoms with Crippen molar-refractivity contribution in [2.45, 2.75) is 39.9 Å². The summed E-state index contributed by atoms with van der Waals surface area (Å²) in [5.41, 5.74) is 1.12. The molecule has 0 fully saturated rings. The molecule has 0 bridgehead atoms. The lowest BCUT2D eigenvalue weighted by molar-refractivity contribution is -0.220. The molecule has 1 unspecified atom stereocenters. The highest BCUT2D eigenvalue weighted by atomic mass is 16.7. The summed E-state index contributed by atoms with van der Waals surface area (Å²) in [6.45, 7) is 9.01. The zero-order valence-electron chi connectivity index (χ0n) is 11.8. The minimum absolute atomic E-state index is 0.296. The van der Waals surface area contributed by atoms with Crippen LogP contribution in [0.25, 0.3) is 6.08 Å². The molecule has 0 radical (unpaired) electrons. The largest absolute Gasteiger partial charge is 0.470 e. The average Bonchev–Trinajstić information content (AvgIpc) is 2.37. The molecule has 1 rings (SSSR count). The van der Waals surface area contributed by atoms with Gasteiger partial charge in [-0.05, 0) is 18.1 Å². The van der Waals surface area contributed by atoms with Gasteiger partial charge in [0.15, 0.2) is 0 Å². The van der Waals surface area contributed by atoms with E-state index in [2.05, 4.69) is 20.8 Å². The van der Waals surface area contributed by atoms with Crippen molar-refractivity contribution in [2.24, 2.45) is 5.92 Å². The maximum absolute atomic E-state index is 5.80. The van der Waals surface area contributed by atoms with Gasteiger partial charge < -0.3 is 9.47 Å². The van der Waals surface area contributed by atoms with Gasteiger partial charge in [-0.25, -0.2) is 0 Å². The Labute approximate surface area is 111 Å². The lowest BCUT2D eigenvalue weighted by Gasteiger charge is -2.32. The Kier molecular flexibility index (Phi) is 5.93. The average molecular weight is 248 g/mol. The van der Waals surface area contributed by atoms with Crippen molar-refractivity contribution in [1.29, 1.82) is 0 Å². The van der Waals surface area contributed by atoms with E-state index in [0.29, 0.717) is 12.5 Å². The predicted octanol–water partition coefficient (Wildman–Crippen LogP) is 4.47. The summed E-state index contributed by atoms with van der Waals surface area (Å²) in [5, 5.41) is 0. The molecule has 0 spiro atoms. The molecular weight excluding hydrogens is 224 g/mol. The molecule has 0 aliphatic rings. The van der Waals surface area contributed by atoms with Crippen molar-refractivity contribution < 1.29 is 9.47 Å². The summed E-state index contributed by atoms with van der Waals surface area (Å²) >= 11 is 0. The Morgan fingerprint density at radius 2 is 1.89 bits per heavy atom. The van der Waals surface area contributed by atoms with Crippen LogP contribution in [0.4, 0.5) is 0 Å². The van der Waals surface area contributed by atoms with Gasteiger partial charge in [-0.2, -0.15) is 0 Å². The van der Waals surface area contributed by atoms with E-state index in [1.54, 1.807) is 6.26 Å². The molecule has 2 heteroatoms. The standard InChI is InChI=1S/C16H24O2/c1-5-12-17-16(4,14(2)3)18-13-11-15-9-7-6-8-10-15/h6-11,13-14H,5,12H2,1-4H3. The quantitative estimate of drug-likeness (QED) is 0.523. The molecular formula is C16H24O2. The summed E-state index contributed by atoms with van der Waals surface area (Å²) in [5.74, 6) is -0.258. The van der Waals surface area contributed by atoms with Gasteiger partial charge in [0.2, 0.25) is 5.79 Å². The molecule has 1 atom stereocenters. The fourth-order valence-electron chi connectivity index (χ4n) is 1.45. The fourth-order valence-corrected chi connectivity index (χ4v) is 1.45. The van der Waals surface area contributed by atoms with Crippen LogP contribution in [0.3, 0.4) is 0 Å². The first-order chi connectivity index (χ1) is 8.58. The summed E-state index contributed by atoms with van der Waals surface area (Å²) in [4.78, 5) is 0. The molecule has 1 aromatic rings. The Morgan fingerprint density at radius 1 is 1.22 bits per heavy atom. The van der Waals surface area contributed by atoms with Crippen LogP contribution in [0.5, 0.6) is 0 Å². The van der Waals surface area contributed by atoms with Gasteiger partial charge in [-0.3, -0.25) is 0 Å². The van der Waals surface area contributed by atoms with Crippen LogP contribution < -0.4 is 0 Å². The molecule has 0 aliphatic carbocycles. The topological polar surface area (TPSA) is 18.5 Å². The van der Waals surface area contributed by atoms with Gasteiger partial charge >= 0.3 is 0 Å². The van der Waals surface area contributed by atoms with Gasteiger partial charge in [0.25, 0.3) is 0 Å². The number of ether oxygens (including phenoxy) is 2. The van der Waals surface area contributed by atoms with Gasteiger partial charge in [-0.1, -0.05) is 51.1 Å². The molecule has 1 aromatic carbocycles. The zero-order chi connectivity index (χ0) is 13.4. The van der Waals surface area contributed by atoms with Crippen molar-refractivity contribution in [2.75, 3.05) is 6.61 Å². The summed E-state index contributed by atoms with van der Waals surface area (Å²) in [6, 6.07) is 10.1. The lowest BCUT2D eigenvalue weighted by Crippen LogP contribution is -2.36. The molecule has 0 amide bonds. The van der Waals surface area contributed by atoms with Crippen LogP contribution in [-0.4, -0.2) is 12.4 Å². The molecule has 2 nitrogen and oxygen atoms in total. The highest BCUT2D eigenvalue weighted by Gasteiger charge is 2.29. The molecule has 100 valence electrons. The van der Waals surface area contributed by atoms with Crippen molar-refractivity contribution in [3.8, 4) is 0 Å². The van der Waals surface area contributed by atoms with Crippen molar-refractivity contribution >= 4 is 6.08 Å². The SMILES string of the molecule is CCCOC(C)(OC=Cc1ccccc1)C(C)C. The van der Waals surface area contributed by atoms with E-state index < -0.39 is 5.79 Å². The Balaban J connectivity index is 2.59. The smallest absolute Gasteiger partial charge is 0.209 e. The number of benzene rings is 1. The van der Waals surface area contributed by atoms with Gasteiger partial charge in [0.05, 0.1) is 12.9 Å². The molecule has 18 heavy (non-hydrogen) atoms. The highest BCUT2D eigenvalue weighted by molar-refractivity contribution is 5.47. The number of rotatable bonds is 7. The molecule has 0 aromatic heterocycles. The minimum atomic E-state index is -0.554. The summed E-state index contributed by atoms with van der Waals surface area (Å²) in [6.07, 6.45) is 4.68. The number of hydrogen-bond acceptors (Lipinski definition) is 2. The predicted molar refractivity (Wildman–Crippen MR) is 76.0 cm³/mol. The van der Waals surface area contributed by atoms with E-state index in [0.717, 1.165) is 12.0 Å². The second kappa shape index (κ2) is 7.22. The van der Waals surface area contributed by atoms with E-state index in [-0.39, 0.29) is 0 Å². The van der Waals surface area contributed by atoms with Gasteiger partial charge in [-0.15, -0.1) is 0 Å². The first kappa shape index (κ1) is 14.8. The number of hydrogen-bond donors (Lipinski definition) is 0. The molecule has 0 saturated carbocycles. The van der Waals surface area contributed by atoms with Gasteiger partial charge in [0, 0.05) is 12.8 Å². The summed E-state index contributed by atoms with van der Waals surface area (Å²) < 4.78 is 11.6. The van der Waals surface area contributed by atoms with Crippen LogP contribution in [0, 0.1) is 5.92 Å². The molecule has 0 heterocycles. The van der Waals surface area contributed by atoms with E-state index in [9.17, 15) is 0 Å². The molecule has 0 saturated heterocycles. The maximum atomic E-state index is 5.80. The van der Waals surface area contributed by atoms with E-state index in [4.69, 9.17) is 9.47 Å². The van der Waals surface area contributed by atoms with Gasteiger partial charge in [0.1, 0.15) is 0 Å². The van der Waals surface area contributed by atoms with Crippen molar-refractivity contribution in [3.63, 3.8) is 0 Å². The first-order valence-corrected chi connectivity index (χ1v) is 6.62. The van der Waals surface area contributed by atoms with E-state index in [1.807, 2.05) is 43.3 Å². The van der Waals surface area contributed by atoms with E-state index in [1.165, 1.54) is 0 Å². The van der Waals surface area contributed by atoms with Crippen LogP contribution in [0.2, 0.25) is 0 Å². The second-order valence-electron chi connectivity index (χ2n) is 4.85. The third kappa shape index (κ3) is 4.53. The Hall–Kier alpha value is -1.28. The van der Waals surface area contributed by atoms with Crippen molar-refractivity contribution in [3.05, 3.63) is 42.2 Å². The zero-order valence-corrected chi connectivity index (χ0v) is 11.8. The van der Waals surface area contributed by atoms with Crippen LogP contribution >= 0.6 is 0 Å². The lowest BCUT2D eigenvalue weighted by atomic mass is 10.1. The Bertz CT molecular complexity index is 357. The summed E-state index contributed by atoms with van der Waals surface area (Å²) in [7, 11) is 0.